The van der Waals surface area contributed by atoms with Crippen LogP contribution in [0.15, 0.2) is 18.5 Å². The highest BCUT2D eigenvalue weighted by Gasteiger charge is 2.19. The molecule has 1 unspecified atom stereocenters. The number of ether oxygens (including phenoxy) is 1. The van der Waals surface area contributed by atoms with Gasteiger partial charge in [-0.2, -0.15) is 5.10 Å². The Morgan fingerprint density at radius 1 is 1.47 bits per heavy atom. The van der Waals surface area contributed by atoms with E-state index >= 15 is 0 Å². The number of aliphatic hydroxyl groups excluding tert-OH is 1. The van der Waals surface area contributed by atoms with Crippen LogP contribution >= 0.6 is 0 Å². The van der Waals surface area contributed by atoms with Gasteiger partial charge in [0.25, 0.3) is 0 Å². The van der Waals surface area contributed by atoms with Crippen molar-refractivity contribution in [2.75, 3.05) is 6.61 Å². The van der Waals surface area contributed by atoms with Crippen LogP contribution < -0.4 is 0 Å². The molecule has 0 aromatic carbocycles. The summed E-state index contributed by atoms with van der Waals surface area (Å²) in [7, 11) is 0. The number of hydrogen-bond donors (Lipinski definition) is 2. The molecule has 0 spiro atoms. The lowest BCUT2D eigenvalue weighted by Gasteiger charge is -2.26. The van der Waals surface area contributed by atoms with Gasteiger partial charge in [-0.3, -0.25) is 5.10 Å². The van der Waals surface area contributed by atoms with E-state index < -0.39 is 6.10 Å². The van der Waals surface area contributed by atoms with Gasteiger partial charge < -0.3 is 9.84 Å². The van der Waals surface area contributed by atoms with Crippen molar-refractivity contribution < 1.29 is 9.84 Å². The first-order chi connectivity index (χ1) is 8.33. The van der Waals surface area contributed by atoms with Gasteiger partial charge in [-0.15, -0.1) is 0 Å². The molecule has 1 saturated carbocycles. The zero-order chi connectivity index (χ0) is 11.7. The molecule has 0 radical (unpaired) electrons. The molecule has 2 aromatic rings. The molecule has 1 aliphatic rings. The summed E-state index contributed by atoms with van der Waals surface area (Å²) in [6.45, 7) is 0.343. The minimum atomic E-state index is -0.609. The van der Waals surface area contributed by atoms with Crippen LogP contribution in [0.4, 0.5) is 0 Å². The summed E-state index contributed by atoms with van der Waals surface area (Å²) in [5.74, 6) is 0. The highest BCUT2D eigenvalue weighted by Crippen LogP contribution is 2.24. The number of nitrogens with zero attached hydrogens (tertiary/aromatic N) is 2. The summed E-state index contributed by atoms with van der Waals surface area (Å²) < 4.78 is 5.59. The number of fused-ring (bicyclic) bond motifs is 1. The number of aromatic nitrogens is 3. The quantitative estimate of drug-likeness (QED) is 0.840. The fourth-order valence-corrected chi connectivity index (χ4v) is 1.90. The van der Waals surface area contributed by atoms with Crippen LogP contribution in [0, 0.1) is 0 Å². The standard InChI is InChI=1S/C12H15N3O2/c16-11(7-17-10-2-1-3-10)8-4-9-6-14-15-12(9)13-5-8/h4-6,10-11,16H,1-3,7H2,(H,13,14,15). The lowest BCUT2D eigenvalue weighted by Crippen LogP contribution is -2.24. The van der Waals surface area contributed by atoms with Gasteiger partial charge in [-0.25, -0.2) is 4.98 Å². The third-order valence-electron chi connectivity index (χ3n) is 3.24. The Morgan fingerprint density at radius 2 is 2.35 bits per heavy atom. The van der Waals surface area contributed by atoms with E-state index in [2.05, 4.69) is 15.2 Å². The summed E-state index contributed by atoms with van der Waals surface area (Å²) in [4.78, 5) is 4.19. The topological polar surface area (TPSA) is 71.0 Å². The maximum Gasteiger partial charge on any atom is 0.155 e. The Morgan fingerprint density at radius 3 is 3.12 bits per heavy atom. The minimum absolute atomic E-state index is 0.343. The van der Waals surface area contributed by atoms with E-state index in [4.69, 9.17) is 4.74 Å². The van der Waals surface area contributed by atoms with Crippen LogP contribution in [0.2, 0.25) is 0 Å². The Balaban J connectivity index is 1.68. The molecule has 5 heteroatoms. The monoisotopic (exact) mass is 233 g/mol. The number of aromatic amines is 1. The van der Waals surface area contributed by atoms with E-state index in [1.165, 1.54) is 6.42 Å². The molecule has 2 heterocycles. The van der Waals surface area contributed by atoms with Gasteiger partial charge in [0.15, 0.2) is 5.65 Å². The zero-order valence-electron chi connectivity index (χ0n) is 9.47. The number of rotatable bonds is 4. The van der Waals surface area contributed by atoms with E-state index in [0.29, 0.717) is 12.7 Å². The van der Waals surface area contributed by atoms with Gasteiger partial charge in [-0.05, 0) is 25.3 Å². The van der Waals surface area contributed by atoms with Crippen LogP contribution in [-0.2, 0) is 4.74 Å². The number of H-pyrrole nitrogens is 1. The Labute approximate surface area is 98.8 Å². The van der Waals surface area contributed by atoms with Crippen molar-refractivity contribution in [3.05, 3.63) is 24.0 Å². The van der Waals surface area contributed by atoms with Gasteiger partial charge in [-0.1, -0.05) is 0 Å². The van der Waals surface area contributed by atoms with Gasteiger partial charge >= 0.3 is 0 Å². The Bertz CT molecular complexity index is 507. The molecular weight excluding hydrogens is 218 g/mol. The fraction of sp³-hybridized carbons (Fsp3) is 0.500. The van der Waals surface area contributed by atoms with Gasteiger partial charge in [0.05, 0.1) is 18.9 Å². The first kappa shape index (κ1) is 10.7. The second-order valence-corrected chi connectivity index (χ2v) is 4.48. The molecular formula is C12H15N3O2. The average molecular weight is 233 g/mol. The van der Waals surface area contributed by atoms with Crippen molar-refractivity contribution in [2.45, 2.75) is 31.5 Å². The maximum absolute atomic E-state index is 9.99. The SMILES string of the molecule is OC(COC1CCC1)c1cnc2[nH]ncc2c1. The summed E-state index contributed by atoms with van der Waals surface area (Å²) in [6, 6.07) is 1.89. The maximum atomic E-state index is 9.99. The molecule has 1 aliphatic carbocycles. The molecule has 2 aromatic heterocycles. The lowest BCUT2D eigenvalue weighted by atomic mass is 9.96. The zero-order valence-corrected chi connectivity index (χ0v) is 9.47. The van der Waals surface area contributed by atoms with Crippen molar-refractivity contribution in [1.82, 2.24) is 15.2 Å². The molecule has 0 saturated heterocycles. The largest absolute Gasteiger partial charge is 0.386 e. The summed E-state index contributed by atoms with van der Waals surface area (Å²) >= 11 is 0. The van der Waals surface area contributed by atoms with Gasteiger partial charge in [0.2, 0.25) is 0 Å². The summed E-state index contributed by atoms with van der Waals surface area (Å²) in [5, 5.41) is 17.6. The molecule has 0 aliphatic heterocycles. The molecule has 0 amide bonds. The van der Waals surface area contributed by atoms with Gasteiger partial charge in [0, 0.05) is 17.1 Å². The molecule has 1 fully saturated rings. The average Bonchev–Trinajstić information content (AvgIpc) is 2.73. The summed E-state index contributed by atoms with van der Waals surface area (Å²) in [5.41, 5.74) is 1.51. The van der Waals surface area contributed by atoms with E-state index in [9.17, 15) is 5.11 Å². The van der Waals surface area contributed by atoms with E-state index in [0.717, 1.165) is 29.4 Å². The van der Waals surface area contributed by atoms with Crippen LogP contribution in [0.25, 0.3) is 11.0 Å². The van der Waals surface area contributed by atoms with Crippen LogP contribution in [0.5, 0.6) is 0 Å². The number of hydrogen-bond acceptors (Lipinski definition) is 4. The molecule has 0 bridgehead atoms. The first-order valence-electron chi connectivity index (χ1n) is 5.91. The third kappa shape index (κ3) is 2.16. The summed E-state index contributed by atoms with van der Waals surface area (Å²) in [6.07, 6.45) is 6.57. The highest BCUT2D eigenvalue weighted by molar-refractivity contribution is 5.74. The van der Waals surface area contributed by atoms with Gasteiger partial charge in [0.1, 0.15) is 6.10 Å². The Hall–Kier alpha value is -1.46. The fourth-order valence-electron chi connectivity index (χ4n) is 1.90. The highest BCUT2D eigenvalue weighted by atomic mass is 16.5. The molecule has 2 N–H and O–H groups in total. The first-order valence-corrected chi connectivity index (χ1v) is 5.91. The normalized spacial score (nSPS) is 18.2. The smallest absolute Gasteiger partial charge is 0.155 e. The van der Waals surface area contributed by atoms with Crippen molar-refractivity contribution in [2.24, 2.45) is 0 Å². The van der Waals surface area contributed by atoms with E-state index in [-0.39, 0.29) is 0 Å². The molecule has 17 heavy (non-hydrogen) atoms. The predicted octanol–water partition coefficient (Wildman–Crippen LogP) is 1.56. The van der Waals surface area contributed by atoms with Crippen molar-refractivity contribution in [3.63, 3.8) is 0 Å². The molecule has 1 atom stereocenters. The predicted molar refractivity (Wildman–Crippen MR) is 62.4 cm³/mol. The van der Waals surface area contributed by atoms with E-state index in [1.807, 2.05) is 6.07 Å². The minimum Gasteiger partial charge on any atom is -0.386 e. The second-order valence-electron chi connectivity index (χ2n) is 4.48. The Kier molecular flexibility index (Phi) is 2.78. The van der Waals surface area contributed by atoms with Crippen molar-refractivity contribution in [1.29, 1.82) is 0 Å². The lowest BCUT2D eigenvalue weighted by molar-refractivity contribution is -0.0427. The number of nitrogens with one attached hydrogen (secondary N) is 1. The van der Waals surface area contributed by atoms with Crippen molar-refractivity contribution >= 4 is 11.0 Å². The van der Waals surface area contributed by atoms with Crippen LogP contribution in [0.3, 0.4) is 0 Å². The third-order valence-corrected chi connectivity index (χ3v) is 3.24. The molecule has 3 rings (SSSR count). The molecule has 90 valence electrons. The van der Waals surface area contributed by atoms with Crippen LogP contribution in [0.1, 0.15) is 30.9 Å². The second kappa shape index (κ2) is 4.43. The number of aliphatic hydroxyl groups is 1. The van der Waals surface area contributed by atoms with Crippen molar-refractivity contribution in [3.8, 4) is 0 Å². The van der Waals surface area contributed by atoms with Crippen LogP contribution in [-0.4, -0.2) is 33.0 Å². The number of pyridine rings is 1. The molecule has 5 nitrogen and oxygen atoms in total. The van der Waals surface area contributed by atoms with E-state index in [1.54, 1.807) is 12.4 Å².